The third kappa shape index (κ3) is 6.04. The van der Waals surface area contributed by atoms with Crippen molar-refractivity contribution in [3.8, 4) is 5.75 Å². The Balaban J connectivity index is 1.72. The van der Waals surface area contributed by atoms with Crippen LogP contribution in [0.2, 0.25) is 0 Å². The largest absolute Gasteiger partial charge is 0.494 e. The van der Waals surface area contributed by atoms with Crippen LogP contribution < -0.4 is 4.74 Å². The molecule has 1 heterocycles. The average molecular weight is 360 g/mol. The van der Waals surface area contributed by atoms with Gasteiger partial charge in [-0.15, -0.1) is 0 Å². The van der Waals surface area contributed by atoms with Crippen molar-refractivity contribution in [2.45, 2.75) is 46.0 Å². The number of amides is 2. The van der Waals surface area contributed by atoms with Gasteiger partial charge in [0.25, 0.3) is 0 Å². The lowest BCUT2D eigenvalue weighted by atomic mass is 10.0. The first kappa shape index (κ1) is 20.3. The van der Waals surface area contributed by atoms with E-state index in [2.05, 4.69) is 13.8 Å². The van der Waals surface area contributed by atoms with Crippen molar-refractivity contribution < 1.29 is 14.3 Å². The maximum absolute atomic E-state index is 12.5. The molecule has 0 aromatic heterocycles. The lowest BCUT2D eigenvalue weighted by molar-refractivity contribution is -0.136. The second kappa shape index (κ2) is 10.8. The fourth-order valence-electron chi connectivity index (χ4n) is 3.37. The minimum Gasteiger partial charge on any atom is -0.494 e. The number of benzene rings is 1. The SMILES string of the molecule is CCC(CC)C(=O)N1CCCN(C(=O)CCCOc2ccccc2)CC1. The minimum absolute atomic E-state index is 0.118. The van der Waals surface area contributed by atoms with E-state index in [1.807, 2.05) is 40.1 Å². The molecule has 26 heavy (non-hydrogen) atoms. The molecule has 0 saturated carbocycles. The number of rotatable bonds is 8. The number of nitrogens with zero attached hydrogens (tertiary/aromatic N) is 2. The molecule has 0 radical (unpaired) electrons. The van der Waals surface area contributed by atoms with Gasteiger partial charge in [0.2, 0.25) is 11.8 Å². The van der Waals surface area contributed by atoms with E-state index < -0.39 is 0 Å². The summed E-state index contributed by atoms with van der Waals surface area (Å²) in [7, 11) is 0. The van der Waals surface area contributed by atoms with Crippen LogP contribution in [-0.2, 0) is 9.59 Å². The number of para-hydroxylation sites is 1. The van der Waals surface area contributed by atoms with Crippen molar-refractivity contribution in [1.29, 1.82) is 0 Å². The maximum Gasteiger partial charge on any atom is 0.225 e. The molecular weight excluding hydrogens is 328 g/mol. The van der Waals surface area contributed by atoms with E-state index >= 15 is 0 Å². The standard InChI is InChI=1S/C21H32N2O3/c1-3-18(4-2)21(25)23-14-9-13-22(15-16-23)20(24)12-8-17-26-19-10-6-5-7-11-19/h5-7,10-11,18H,3-4,8-9,12-17H2,1-2H3. The number of hydrogen-bond donors (Lipinski definition) is 0. The Morgan fingerprint density at radius 3 is 2.35 bits per heavy atom. The van der Waals surface area contributed by atoms with Gasteiger partial charge in [0.1, 0.15) is 5.75 Å². The van der Waals surface area contributed by atoms with E-state index in [4.69, 9.17) is 4.74 Å². The molecule has 0 aliphatic carbocycles. The summed E-state index contributed by atoms with van der Waals surface area (Å²) in [5.74, 6) is 1.37. The van der Waals surface area contributed by atoms with Crippen LogP contribution in [0.3, 0.4) is 0 Å². The van der Waals surface area contributed by atoms with Crippen molar-refractivity contribution in [1.82, 2.24) is 9.80 Å². The van der Waals surface area contributed by atoms with E-state index in [0.29, 0.717) is 32.5 Å². The van der Waals surface area contributed by atoms with Gasteiger partial charge < -0.3 is 14.5 Å². The molecule has 0 unspecified atom stereocenters. The highest BCUT2D eigenvalue weighted by atomic mass is 16.5. The highest BCUT2D eigenvalue weighted by Gasteiger charge is 2.25. The molecule has 0 N–H and O–H groups in total. The second-order valence-electron chi connectivity index (χ2n) is 6.84. The molecule has 2 rings (SSSR count). The molecule has 0 bridgehead atoms. The number of carbonyl (C=O) groups excluding carboxylic acids is 2. The molecular formula is C21H32N2O3. The van der Waals surface area contributed by atoms with Gasteiger partial charge in [-0.1, -0.05) is 32.0 Å². The monoisotopic (exact) mass is 360 g/mol. The van der Waals surface area contributed by atoms with Gasteiger partial charge in [0.15, 0.2) is 0 Å². The van der Waals surface area contributed by atoms with Gasteiger partial charge in [0, 0.05) is 38.5 Å². The molecule has 144 valence electrons. The summed E-state index contributed by atoms with van der Waals surface area (Å²) in [6.45, 7) is 7.48. The van der Waals surface area contributed by atoms with Crippen LogP contribution >= 0.6 is 0 Å². The van der Waals surface area contributed by atoms with Gasteiger partial charge in [0.05, 0.1) is 6.61 Å². The molecule has 0 atom stereocenters. The smallest absolute Gasteiger partial charge is 0.225 e. The van der Waals surface area contributed by atoms with Gasteiger partial charge >= 0.3 is 0 Å². The zero-order valence-electron chi connectivity index (χ0n) is 16.2. The summed E-state index contributed by atoms with van der Waals surface area (Å²) in [6, 6.07) is 9.66. The second-order valence-corrected chi connectivity index (χ2v) is 6.84. The van der Waals surface area contributed by atoms with Crippen molar-refractivity contribution in [3.05, 3.63) is 30.3 Å². The number of carbonyl (C=O) groups is 2. The zero-order chi connectivity index (χ0) is 18.8. The van der Waals surface area contributed by atoms with Crippen LogP contribution in [0.15, 0.2) is 30.3 Å². The molecule has 1 aromatic carbocycles. The fraction of sp³-hybridized carbons (Fsp3) is 0.619. The van der Waals surface area contributed by atoms with Crippen LogP contribution in [0.1, 0.15) is 46.0 Å². The minimum atomic E-state index is 0.118. The quantitative estimate of drug-likeness (QED) is 0.668. The molecule has 5 nitrogen and oxygen atoms in total. The molecule has 1 saturated heterocycles. The van der Waals surface area contributed by atoms with Gasteiger partial charge in [-0.25, -0.2) is 0 Å². The summed E-state index contributed by atoms with van der Waals surface area (Å²) in [6.07, 6.45) is 3.83. The van der Waals surface area contributed by atoms with Gasteiger partial charge in [-0.3, -0.25) is 9.59 Å². The van der Waals surface area contributed by atoms with Crippen molar-refractivity contribution in [2.24, 2.45) is 5.92 Å². The van der Waals surface area contributed by atoms with Gasteiger partial charge in [-0.05, 0) is 37.8 Å². The Hall–Kier alpha value is -2.04. The van der Waals surface area contributed by atoms with Crippen LogP contribution in [0.5, 0.6) is 5.75 Å². The molecule has 2 amide bonds. The summed E-state index contributed by atoms with van der Waals surface area (Å²) in [5.41, 5.74) is 0. The Morgan fingerprint density at radius 2 is 1.65 bits per heavy atom. The highest BCUT2D eigenvalue weighted by molar-refractivity contribution is 5.79. The van der Waals surface area contributed by atoms with Crippen molar-refractivity contribution in [3.63, 3.8) is 0 Å². The molecule has 0 spiro atoms. The first-order valence-corrected chi connectivity index (χ1v) is 9.90. The van der Waals surface area contributed by atoms with Crippen LogP contribution in [0.4, 0.5) is 0 Å². The molecule has 1 aliphatic rings. The van der Waals surface area contributed by atoms with E-state index in [1.165, 1.54) is 0 Å². The first-order chi connectivity index (χ1) is 12.7. The zero-order valence-corrected chi connectivity index (χ0v) is 16.2. The predicted molar refractivity (Wildman–Crippen MR) is 103 cm³/mol. The topological polar surface area (TPSA) is 49.9 Å². The maximum atomic E-state index is 12.5. The lowest BCUT2D eigenvalue weighted by Gasteiger charge is -2.25. The fourth-order valence-corrected chi connectivity index (χ4v) is 3.37. The summed E-state index contributed by atoms with van der Waals surface area (Å²) in [5, 5.41) is 0. The van der Waals surface area contributed by atoms with Crippen molar-refractivity contribution >= 4 is 11.8 Å². The molecule has 1 aliphatic heterocycles. The van der Waals surface area contributed by atoms with Crippen molar-refractivity contribution in [2.75, 3.05) is 32.8 Å². The highest BCUT2D eigenvalue weighted by Crippen LogP contribution is 2.15. The Morgan fingerprint density at radius 1 is 1.00 bits per heavy atom. The van der Waals surface area contributed by atoms with Crippen LogP contribution in [0.25, 0.3) is 0 Å². The van der Waals surface area contributed by atoms with Crippen LogP contribution in [-0.4, -0.2) is 54.4 Å². The summed E-state index contributed by atoms with van der Waals surface area (Å²) >= 11 is 0. The Bertz CT molecular complexity index is 558. The third-order valence-electron chi connectivity index (χ3n) is 5.04. The Labute approximate surface area is 157 Å². The summed E-state index contributed by atoms with van der Waals surface area (Å²) in [4.78, 5) is 28.8. The average Bonchev–Trinajstić information content (AvgIpc) is 2.93. The molecule has 1 fully saturated rings. The molecule has 1 aromatic rings. The Kier molecular flexibility index (Phi) is 8.45. The summed E-state index contributed by atoms with van der Waals surface area (Å²) < 4.78 is 5.64. The van der Waals surface area contributed by atoms with E-state index in [9.17, 15) is 9.59 Å². The predicted octanol–water partition coefficient (Wildman–Crippen LogP) is 3.34. The first-order valence-electron chi connectivity index (χ1n) is 9.90. The number of hydrogen-bond acceptors (Lipinski definition) is 3. The van der Waals surface area contributed by atoms with Crippen LogP contribution in [0, 0.1) is 5.92 Å². The van der Waals surface area contributed by atoms with E-state index in [0.717, 1.165) is 38.1 Å². The van der Waals surface area contributed by atoms with E-state index in [1.54, 1.807) is 0 Å². The molecule has 5 heteroatoms. The van der Waals surface area contributed by atoms with Gasteiger partial charge in [-0.2, -0.15) is 0 Å². The lowest BCUT2D eigenvalue weighted by Crippen LogP contribution is -2.39. The number of ether oxygens (including phenoxy) is 1. The van der Waals surface area contributed by atoms with E-state index in [-0.39, 0.29) is 17.7 Å². The third-order valence-corrected chi connectivity index (χ3v) is 5.04. The normalized spacial score (nSPS) is 15.0.